The number of nitrogens with zero attached hydrogens (tertiary/aromatic N) is 5. The maximum Gasteiger partial charge on any atom is 0.263 e. The number of benzene rings is 2. The molecule has 0 aliphatic rings. The fourth-order valence-corrected chi connectivity index (χ4v) is 4.17. The van der Waals surface area contributed by atoms with Crippen molar-refractivity contribution in [1.29, 1.82) is 0 Å². The number of nitrogens with one attached hydrogen (secondary N) is 2. The number of hydrogen-bond acceptors (Lipinski definition) is 5. The second kappa shape index (κ2) is 8.68. The summed E-state index contributed by atoms with van der Waals surface area (Å²) in [5.74, 6) is 0.411. The van der Waals surface area contributed by atoms with E-state index in [4.69, 9.17) is 0 Å². The van der Waals surface area contributed by atoms with E-state index in [1.54, 1.807) is 10.7 Å². The van der Waals surface area contributed by atoms with Crippen LogP contribution in [0, 0.1) is 27.7 Å². The third-order valence-electron chi connectivity index (χ3n) is 5.75. The molecule has 3 aromatic heterocycles. The zero-order chi connectivity index (χ0) is 24.7. The molecular formula is C26H25N7O2. The summed E-state index contributed by atoms with van der Waals surface area (Å²) in [5, 5.41) is 12.1. The first-order chi connectivity index (χ1) is 16.8. The molecule has 0 radical (unpaired) electrons. The summed E-state index contributed by atoms with van der Waals surface area (Å²) in [5.41, 5.74) is 5.71. The molecule has 0 bridgehead atoms. The minimum atomic E-state index is -0.341. The molecule has 0 spiro atoms. The molecule has 176 valence electrons. The van der Waals surface area contributed by atoms with Gasteiger partial charge in [-0.1, -0.05) is 47.5 Å². The van der Waals surface area contributed by atoms with Crippen molar-refractivity contribution in [2.75, 3.05) is 5.32 Å². The van der Waals surface area contributed by atoms with E-state index in [-0.39, 0.29) is 23.8 Å². The molecule has 0 saturated heterocycles. The van der Waals surface area contributed by atoms with Crippen LogP contribution in [0.3, 0.4) is 0 Å². The lowest BCUT2D eigenvalue weighted by atomic mass is 10.1. The number of aromatic nitrogens is 6. The Hall–Kier alpha value is -4.53. The zero-order valence-corrected chi connectivity index (χ0v) is 20.0. The molecule has 0 unspecified atom stereocenters. The van der Waals surface area contributed by atoms with Crippen molar-refractivity contribution in [2.45, 2.75) is 34.1 Å². The molecule has 0 atom stereocenters. The molecule has 2 aromatic carbocycles. The van der Waals surface area contributed by atoms with Crippen molar-refractivity contribution >= 4 is 22.8 Å². The minimum Gasteiger partial charge on any atom is -0.310 e. The largest absolute Gasteiger partial charge is 0.310 e. The molecular weight excluding hydrogens is 442 g/mol. The summed E-state index contributed by atoms with van der Waals surface area (Å²) in [6, 6.07) is 15.5. The van der Waals surface area contributed by atoms with Crippen molar-refractivity contribution in [3.05, 3.63) is 93.0 Å². The molecule has 9 heteroatoms. The van der Waals surface area contributed by atoms with Gasteiger partial charge in [0.2, 0.25) is 11.9 Å². The Kier molecular flexibility index (Phi) is 5.52. The van der Waals surface area contributed by atoms with Crippen LogP contribution in [0.25, 0.3) is 22.7 Å². The molecule has 1 amide bonds. The van der Waals surface area contributed by atoms with Crippen LogP contribution in [0.5, 0.6) is 0 Å². The van der Waals surface area contributed by atoms with Gasteiger partial charge in [-0.15, -0.1) is 0 Å². The second-order valence-corrected chi connectivity index (χ2v) is 8.77. The van der Waals surface area contributed by atoms with Crippen molar-refractivity contribution < 1.29 is 4.79 Å². The van der Waals surface area contributed by atoms with E-state index in [2.05, 4.69) is 31.5 Å². The van der Waals surface area contributed by atoms with Crippen LogP contribution in [-0.2, 0) is 11.2 Å². The van der Waals surface area contributed by atoms with Gasteiger partial charge < -0.3 is 5.32 Å². The van der Waals surface area contributed by atoms with Gasteiger partial charge in [0, 0.05) is 6.07 Å². The molecule has 2 N–H and O–H groups in total. The van der Waals surface area contributed by atoms with Crippen LogP contribution >= 0.6 is 0 Å². The molecule has 35 heavy (non-hydrogen) atoms. The van der Waals surface area contributed by atoms with Crippen molar-refractivity contribution in [2.24, 2.45) is 0 Å². The Morgan fingerprint density at radius 1 is 1.00 bits per heavy atom. The summed E-state index contributed by atoms with van der Waals surface area (Å²) in [7, 11) is 0. The number of amides is 1. The van der Waals surface area contributed by atoms with Gasteiger partial charge in [-0.05, 0) is 44.9 Å². The topological polar surface area (TPSA) is 110 Å². The number of carbonyl (C=O) groups excluding carboxylic acids is 1. The average Bonchev–Trinajstić information content (AvgIpc) is 3.37. The highest BCUT2D eigenvalue weighted by molar-refractivity contribution is 5.91. The number of fused-ring (bicyclic) bond motifs is 1. The maximum absolute atomic E-state index is 12.9. The fraction of sp³-hybridized carbons (Fsp3) is 0.192. The Labute approximate surface area is 201 Å². The van der Waals surface area contributed by atoms with Crippen LogP contribution < -0.4 is 10.9 Å². The van der Waals surface area contributed by atoms with Gasteiger partial charge in [0.05, 0.1) is 24.0 Å². The monoisotopic (exact) mass is 467 g/mol. The first-order valence-electron chi connectivity index (χ1n) is 11.3. The van der Waals surface area contributed by atoms with Crippen LogP contribution in [0.15, 0.2) is 59.5 Å². The first-order valence-corrected chi connectivity index (χ1v) is 11.3. The maximum atomic E-state index is 12.9. The first kappa shape index (κ1) is 22.3. The van der Waals surface area contributed by atoms with Crippen LogP contribution in [0.1, 0.15) is 27.9 Å². The average molecular weight is 468 g/mol. The lowest BCUT2D eigenvalue weighted by Crippen LogP contribution is -2.20. The van der Waals surface area contributed by atoms with E-state index >= 15 is 0 Å². The number of aromatic amines is 1. The van der Waals surface area contributed by atoms with Crippen molar-refractivity contribution in [3.63, 3.8) is 0 Å². The summed E-state index contributed by atoms with van der Waals surface area (Å²) in [6.07, 6.45) is 1.72. The van der Waals surface area contributed by atoms with Gasteiger partial charge in [-0.3, -0.25) is 14.6 Å². The molecule has 5 rings (SSSR count). The Morgan fingerprint density at radius 2 is 1.80 bits per heavy atom. The highest BCUT2D eigenvalue weighted by Crippen LogP contribution is 2.21. The van der Waals surface area contributed by atoms with Gasteiger partial charge in [-0.25, -0.2) is 4.68 Å². The van der Waals surface area contributed by atoms with Crippen molar-refractivity contribution in [1.82, 2.24) is 29.5 Å². The summed E-state index contributed by atoms with van der Waals surface area (Å²) in [6.45, 7) is 7.81. The lowest BCUT2D eigenvalue weighted by molar-refractivity contribution is -0.115. The highest BCUT2D eigenvalue weighted by atomic mass is 16.1. The van der Waals surface area contributed by atoms with Crippen LogP contribution in [-0.4, -0.2) is 35.4 Å². The van der Waals surface area contributed by atoms with Gasteiger partial charge in [-0.2, -0.15) is 19.9 Å². The fourth-order valence-electron chi connectivity index (χ4n) is 4.17. The third kappa shape index (κ3) is 4.35. The van der Waals surface area contributed by atoms with Crippen LogP contribution in [0.4, 0.5) is 5.82 Å². The number of carbonyl (C=O) groups is 1. The third-order valence-corrected chi connectivity index (χ3v) is 5.75. The number of H-pyrrole nitrogens is 1. The Bertz CT molecular complexity index is 1640. The SMILES string of the molecule is Cc1cccc(CC(=O)Nc2cc(C)nn2-c2nc3c(cnn3-c3ccc(C)cc3C)c(=O)[nH]2)c1. The molecule has 5 aromatic rings. The van der Waals surface area contributed by atoms with E-state index in [1.165, 1.54) is 10.9 Å². The summed E-state index contributed by atoms with van der Waals surface area (Å²) < 4.78 is 3.08. The van der Waals surface area contributed by atoms with E-state index in [0.29, 0.717) is 22.5 Å². The van der Waals surface area contributed by atoms with E-state index in [9.17, 15) is 9.59 Å². The second-order valence-electron chi connectivity index (χ2n) is 8.77. The smallest absolute Gasteiger partial charge is 0.263 e. The van der Waals surface area contributed by atoms with Gasteiger partial charge >= 0.3 is 0 Å². The van der Waals surface area contributed by atoms with E-state index < -0.39 is 0 Å². The van der Waals surface area contributed by atoms with Gasteiger partial charge in [0.25, 0.3) is 5.56 Å². The normalized spacial score (nSPS) is 11.2. The number of anilines is 1. The van der Waals surface area contributed by atoms with Crippen LogP contribution in [0.2, 0.25) is 0 Å². The Balaban J connectivity index is 1.53. The van der Waals surface area contributed by atoms with E-state index in [1.807, 2.05) is 64.1 Å². The quantitative estimate of drug-likeness (QED) is 0.409. The summed E-state index contributed by atoms with van der Waals surface area (Å²) in [4.78, 5) is 33.1. The predicted octanol–water partition coefficient (Wildman–Crippen LogP) is 3.71. The zero-order valence-electron chi connectivity index (χ0n) is 20.0. The Morgan fingerprint density at radius 3 is 2.57 bits per heavy atom. The summed E-state index contributed by atoms with van der Waals surface area (Å²) >= 11 is 0. The molecule has 3 heterocycles. The van der Waals surface area contributed by atoms with E-state index in [0.717, 1.165) is 27.9 Å². The highest BCUT2D eigenvalue weighted by Gasteiger charge is 2.17. The number of rotatable bonds is 5. The lowest BCUT2D eigenvalue weighted by Gasteiger charge is -2.10. The van der Waals surface area contributed by atoms with Crippen molar-refractivity contribution in [3.8, 4) is 11.6 Å². The molecule has 0 aliphatic heterocycles. The molecule has 9 nitrogen and oxygen atoms in total. The van der Waals surface area contributed by atoms with Gasteiger partial charge in [0.1, 0.15) is 11.2 Å². The predicted molar refractivity (Wildman–Crippen MR) is 134 cm³/mol. The molecule has 0 aliphatic carbocycles. The molecule has 0 fully saturated rings. The minimum absolute atomic E-state index is 0.188. The standard InChI is InChI=1S/C26H25N7O2/c1-15-6-5-7-19(11-15)13-23(34)28-22-12-18(4)31-33(22)26-29-24-20(25(35)30-26)14-27-32(24)21-9-8-16(2)10-17(21)3/h5-12,14H,13H2,1-4H3,(H,28,34)(H,29,30,35). The number of aryl methyl sites for hydroxylation is 4. The molecule has 0 saturated carbocycles. The van der Waals surface area contributed by atoms with Gasteiger partial charge in [0.15, 0.2) is 5.65 Å². The number of hydrogen-bond donors (Lipinski definition) is 2.